The van der Waals surface area contributed by atoms with Crippen molar-refractivity contribution in [3.63, 3.8) is 0 Å². The molecule has 2 nitrogen and oxygen atoms in total. The van der Waals surface area contributed by atoms with Gasteiger partial charge in [0.2, 0.25) is 0 Å². The van der Waals surface area contributed by atoms with E-state index in [-0.39, 0.29) is 21.7 Å². The zero-order valence-electron chi connectivity index (χ0n) is 22.7. The van der Waals surface area contributed by atoms with Crippen LogP contribution >= 0.6 is 22.6 Å². The SMILES string of the molecule is CC(C)(C)c1cc2c(c(C(C)(C)C)c1)OP(Br)Oc1c(cc(C(C)(C)C)cc1C(C)(C)C)C2. The van der Waals surface area contributed by atoms with Gasteiger partial charge >= 0.3 is 7.08 Å². The molecule has 1 aliphatic rings. The molecule has 182 valence electrons. The normalized spacial score (nSPS) is 15.7. The Hall–Kier alpha value is -1.05. The highest BCUT2D eigenvalue weighted by Gasteiger charge is 2.33. The Bertz CT molecular complexity index is 960. The molecule has 0 radical (unpaired) electrons. The summed E-state index contributed by atoms with van der Waals surface area (Å²) in [6.07, 6.45) is 0.793. The van der Waals surface area contributed by atoms with Crippen molar-refractivity contribution in [2.45, 2.75) is 111 Å². The van der Waals surface area contributed by atoms with Gasteiger partial charge in [-0.25, -0.2) is 0 Å². The maximum Gasteiger partial charge on any atom is 0.368 e. The summed E-state index contributed by atoms with van der Waals surface area (Å²) in [5.41, 5.74) is 7.70. The maximum atomic E-state index is 6.54. The molecule has 0 saturated heterocycles. The Morgan fingerprint density at radius 3 is 1.18 bits per heavy atom. The Balaban J connectivity index is 2.36. The van der Waals surface area contributed by atoms with E-state index in [4.69, 9.17) is 9.05 Å². The molecule has 0 aromatic heterocycles. The Morgan fingerprint density at radius 1 is 0.576 bits per heavy atom. The fourth-order valence-electron chi connectivity index (χ4n) is 4.20. The van der Waals surface area contributed by atoms with Gasteiger partial charge in [-0.1, -0.05) is 107 Å². The summed E-state index contributed by atoms with van der Waals surface area (Å²) in [7, 11) is -1.30. The fraction of sp³-hybridized carbons (Fsp3) is 0.586. The summed E-state index contributed by atoms with van der Waals surface area (Å²) >= 11 is 3.75. The first kappa shape index (κ1) is 26.6. The van der Waals surface area contributed by atoms with Gasteiger partial charge in [0, 0.05) is 33.0 Å². The highest BCUT2D eigenvalue weighted by molar-refractivity contribution is 9.38. The second-order valence-corrected chi connectivity index (χ2v) is 16.1. The molecule has 0 spiro atoms. The Kier molecular flexibility index (Phi) is 6.89. The average molecular weight is 534 g/mol. The minimum absolute atomic E-state index is 0.0413. The minimum atomic E-state index is -1.30. The molecule has 2 aromatic carbocycles. The third-order valence-electron chi connectivity index (χ3n) is 6.39. The van der Waals surface area contributed by atoms with Crippen LogP contribution in [0.3, 0.4) is 0 Å². The predicted molar refractivity (Wildman–Crippen MR) is 148 cm³/mol. The van der Waals surface area contributed by atoms with E-state index in [0.29, 0.717) is 0 Å². The number of hydrogen-bond acceptors (Lipinski definition) is 2. The van der Waals surface area contributed by atoms with E-state index < -0.39 is 7.08 Å². The maximum absolute atomic E-state index is 6.54. The van der Waals surface area contributed by atoms with Crippen molar-refractivity contribution in [1.82, 2.24) is 0 Å². The van der Waals surface area contributed by atoms with Crippen molar-refractivity contribution < 1.29 is 9.05 Å². The lowest BCUT2D eigenvalue weighted by Crippen LogP contribution is -2.21. The lowest BCUT2D eigenvalue weighted by atomic mass is 9.76. The van der Waals surface area contributed by atoms with E-state index in [1.54, 1.807) is 0 Å². The van der Waals surface area contributed by atoms with Crippen molar-refractivity contribution >= 4 is 22.6 Å². The van der Waals surface area contributed by atoms with E-state index in [0.717, 1.165) is 17.9 Å². The zero-order valence-corrected chi connectivity index (χ0v) is 25.1. The van der Waals surface area contributed by atoms with Gasteiger partial charge in [0.15, 0.2) is 0 Å². The molecule has 0 N–H and O–H groups in total. The first-order chi connectivity index (χ1) is 14.8. The molecule has 0 amide bonds. The molecule has 33 heavy (non-hydrogen) atoms. The Labute approximate surface area is 211 Å². The number of rotatable bonds is 0. The highest BCUT2D eigenvalue weighted by atomic mass is 79.9. The van der Waals surface area contributed by atoms with Gasteiger partial charge in [-0.2, -0.15) is 0 Å². The molecule has 0 bridgehead atoms. The molecule has 1 aliphatic heterocycles. The molecule has 0 aliphatic carbocycles. The quantitative estimate of drug-likeness (QED) is 0.314. The number of halogens is 1. The van der Waals surface area contributed by atoms with Gasteiger partial charge < -0.3 is 9.05 Å². The third kappa shape index (κ3) is 5.79. The van der Waals surface area contributed by atoms with Crippen molar-refractivity contribution in [3.8, 4) is 11.5 Å². The summed E-state index contributed by atoms with van der Waals surface area (Å²) in [5, 5.41) is 0. The van der Waals surface area contributed by atoms with Crippen molar-refractivity contribution in [2.75, 3.05) is 0 Å². The first-order valence-corrected chi connectivity index (χ1v) is 15.2. The topological polar surface area (TPSA) is 18.5 Å². The molecule has 0 saturated carbocycles. The summed E-state index contributed by atoms with van der Waals surface area (Å²) < 4.78 is 13.1. The van der Waals surface area contributed by atoms with E-state index in [1.165, 1.54) is 33.4 Å². The summed E-state index contributed by atoms with van der Waals surface area (Å²) in [4.78, 5) is 0. The van der Waals surface area contributed by atoms with Gasteiger partial charge in [-0.05, 0) is 43.9 Å². The smallest absolute Gasteiger partial charge is 0.368 e. The van der Waals surface area contributed by atoms with Crippen LogP contribution in [0, 0.1) is 0 Å². The van der Waals surface area contributed by atoms with E-state index in [1.807, 2.05) is 0 Å². The lowest BCUT2D eigenvalue weighted by Gasteiger charge is -2.34. The van der Waals surface area contributed by atoms with Gasteiger partial charge in [-0.15, -0.1) is 0 Å². The van der Waals surface area contributed by atoms with Crippen LogP contribution in [0.2, 0.25) is 0 Å². The highest BCUT2D eigenvalue weighted by Crippen LogP contribution is 2.55. The van der Waals surface area contributed by atoms with Crippen LogP contribution in [0.15, 0.2) is 24.3 Å². The van der Waals surface area contributed by atoms with E-state index in [2.05, 4.69) is 123 Å². The second kappa shape index (κ2) is 8.56. The first-order valence-electron chi connectivity index (χ1n) is 12.0. The Morgan fingerprint density at radius 2 is 0.909 bits per heavy atom. The van der Waals surface area contributed by atoms with E-state index >= 15 is 0 Å². The second-order valence-electron chi connectivity index (χ2n) is 13.6. The molecule has 0 atom stereocenters. The van der Waals surface area contributed by atoms with Crippen LogP contribution in [-0.2, 0) is 28.1 Å². The standard InChI is InChI=1S/C29H42BrO2P/c1-26(2,3)20-14-18-13-19-15-21(27(4,5)6)17-23(29(10,11)12)25(19)32-33(30)31-24(18)22(16-20)28(7,8)9/h14-17H,13H2,1-12H3. The van der Waals surface area contributed by atoms with Crippen molar-refractivity contribution in [3.05, 3.63) is 57.6 Å². The summed E-state index contributed by atoms with van der Waals surface area (Å²) in [6.45, 7) is 27.3. The lowest BCUT2D eigenvalue weighted by molar-refractivity contribution is 0.460. The average Bonchev–Trinajstić information content (AvgIpc) is 2.58. The molecular formula is C29H42BrO2P. The molecule has 1 heterocycles. The largest absolute Gasteiger partial charge is 0.430 e. The monoisotopic (exact) mass is 532 g/mol. The van der Waals surface area contributed by atoms with Crippen LogP contribution in [0.1, 0.15) is 116 Å². The minimum Gasteiger partial charge on any atom is -0.430 e. The van der Waals surface area contributed by atoms with Crippen molar-refractivity contribution in [2.24, 2.45) is 0 Å². The van der Waals surface area contributed by atoms with Crippen LogP contribution in [0.25, 0.3) is 0 Å². The predicted octanol–water partition coefficient (Wildman–Crippen LogP) is 9.86. The van der Waals surface area contributed by atoms with Crippen LogP contribution < -0.4 is 9.05 Å². The molecule has 0 fully saturated rings. The van der Waals surface area contributed by atoms with Crippen LogP contribution in [0.5, 0.6) is 11.5 Å². The number of benzene rings is 2. The number of fused-ring (bicyclic) bond motifs is 2. The van der Waals surface area contributed by atoms with Crippen LogP contribution in [0.4, 0.5) is 0 Å². The van der Waals surface area contributed by atoms with Crippen LogP contribution in [-0.4, -0.2) is 0 Å². The summed E-state index contributed by atoms with van der Waals surface area (Å²) in [5.74, 6) is 1.95. The van der Waals surface area contributed by atoms with Crippen molar-refractivity contribution in [1.29, 1.82) is 0 Å². The number of hydrogen-bond donors (Lipinski definition) is 0. The van der Waals surface area contributed by atoms with E-state index in [9.17, 15) is 0 Å². The molecule has 4 heteroatoms. The molecule has 2 aromatic rings. The van der Waals surface area contributed by atoms with Gasteiger partial charge in [0.1, 0.15) is 11.5 Å². The third-order valence-corrected chi connectivity index (χ3v) is 7.91. The molecular weight excluding hydrogens is 491 g/mol. The molecule has 3 rings (SSSR count). The van der Waals surface area contributed by atoms with Gasteiger partial charge in [-0.3, -0.25) is 0 Å². The zero-order chi connectivity index (χ0) is 25.1. The van der Waals surface area contributed by atoms with Gasteiger partial charge in [0.25, 0.3) is 0 Å². The van der Waals surface area contributed by atoms with Gasteiger partial charge in [0.05, 0.1) is 0 Å². The molecule has 0 unspecified atom stereocenters. The summed E-state index contributed by atoms with van der Waals surface area (Å²) in [6, 6.07) is 9.39. The fourth-order valence-corrected chi connectivity index (χ4v) is 5.83.